The number of ether oxygens (including phenoxy) is 3. The molecule has 3 aromatic rings. The standard InChI is InChI=1S/C29H29Cl2N3O5/c1-4-14-38-26-12-10-21(16-27(26)37-3)18-32-34-29(36)24(15-20-8-6-5-7-9-20)33-28(35)19(2)39-25-13-11-22(30)17-23(25)31/h4-13,16-19,24H,1,14-15H2,2-3H3,(H,33,35)(H,34,36)/b32-18-/t19-,24-/m0/s1. The highest BCUT2D eigenvalue weighted by molar-refractivity contribution is 6.35. The van der Waals surface area contributed by atoms with Gasteiger partial charge in [-0.2, -0.15) is 5.10 Å². The zero-order valence-electron chi connectivity index (χ0n) is 21.5. The van der Waals surface area contributed by atoms with Crippen molar-refractivity contribution in [1.29, 1.82) is 0 Å². The Morgan fingerprint density at radius 2 is 1.74 bits per heavy atom. The smallest absolute Gasteiger partial charge is 0.262 e. The fraction of sp³-hybridized carbons (Fsp3) is 0.207. The lowest BCUT2D eigenvalue weighted by atomic mass is 10.1. The number of nitrogens with zero attached hydrogens (tertiary/aromatic N) is 1. The minimum atomic E-state index is -0.937. The van der Waals surface area contributed by atoms with Crippen molar-refractivity contribution < 1.29 is 23.8 Å². The van der Waals surface area contributed by atoms with Gasteiger partial charge in [0, 0.05) is 11.4 Å². The molecule has 2 N–H and O–H groups in total. The van der Waals surface area contributed by atoms with E-state index in [4.69, 9.17) is 37.4 Å². The maximum Gasteiger partial charge on any atom is 0.262 e. The van der Waals surface area contributed by atoms with Gasteiger partial charge >= 0.3 is 0 Å². The Labute approximate surface area is 237 Å². The molecule has 0 saturated heterocycles. The summed E-state index contributed by atoms with van der Waals surface area (Å²) in [5.74, 6) is 0.365. The molecular formula is C29H29Cl2N3O5. The fourth-order valence-corrected chi connectivity index (χ4v) is 3.90. The first kappa shape index (κ1) is 29.5. The van der Waals surface area contributed by atoms with Crippen LogP contribution >= 0.6 is 23.2 Å². The number of rotatable bonds is 13. The molecule has 0 unspecified atom stereocenters. The lowest BCUT2D eigenvalue weighted by Crippen LogP contribution is -2.50. The summed E-state index contributed by atoms with van der Waals surface area (Å²) >= 11 is 12.1. The van der Waals surface area contributed by atoms with Gasteiger partial charge in [-0.25, -0.2) is 5.43 Å². The van der Waals surface area contributed by atoms with Crippen LogP contribution in [0.25, 0.3) is 0 Å². The van der Waals surface area contributed by atoms with Crippen LogP contribution in [0.15, 0.2) is 84.5 Å². The van der Waals surface area contributed by atoms with Gasteiger partial charge in [0.25, 0.3) is 11.8 Å². The maximum absolute atomic E-state index is 13.1. The molecule has 0 aliphatic carbocycles. The Kier molecular flexibility index (Phi) is 11.2. The molecule has 8 nitrogen and oxygen atoms in total. The summed E-state index contributed by atoms with van der Waals surface area (Å²) in [6, 6.07) is 18.3. The minimum absolute atomic E-state index is 0.242. The fourth-order valence-electron chi connectivity index (χ4n) is 3.44. The number of hydrogen-bond acceptors (Lipinski definition) is 6. The monoisotopic (exact) mass is 569 g/mol. The molecule has 2 atom stereocenters. The van der Waals surface area contributed by atoms with E-state index in [2.05, 4.69) is 22.4 Å². The van der Waals surface area contributed by atoms with E-state index in [0.29, 0.717) is 34.4 Å². The zero-order valence-corrected chi connectivity index (χ0v) is 23.0. The van der Waals surface area contributed by atoms with Gasteiger partial charge in [0.05, 0.1) is 18.3 Å². The van der Waals surface area contributed by atoms with Gasteiger partial charge in [0.15, 0.2) is 17.6 Å². The van der Waals surface area contributed by atoms with E-state index in [9.17, 15) is 9.59 Å². The quantitative estimate of drug-likeness (QED) is 0.167. The Morgan fingerprint density at radius 1 is 1.00 bits per heavy atom. The van der Waals surface area contributed by atoms with Crippen LogP contribution in [0.4, 0.5) is 0 Å². The summed E-state index contributed by atoms with van der Waals surface area (Å²) in [5.41, 5.74) is 4.03. The number of carbonyl (C=O) groups is 2. The van der Waals surface area contributed by atoms with Crippen LogP contribution < -0.4 is 25.0 Å². The molecule has 0 fully saturated rings. The van der Waals surface area contributed by atoms with Gasteiger partial charge in [0.2, 0.25) is 0 Å². The lowest BCUT2D eigenvalue weighted by molar-refractivity contribution is -0.132. The second-order valence-electron chi connectivity index (χ2n) is 8.33. The van der Waals surface area contributed by atoms with Crippen LogP contribution in [0.2, 0.25) is 10.0 Å². The summed E-state index contributed by atoms with van der Waals surface area (Å²) in [6.45, 7) is 5.53. The molecule has 2 amide bonds. The van der Waals surface area contributed by atoms with Crippen molar-refractivity contribution in [2.45, 2.75) is 25.5 Å². The first-order valence-electron chi connectivity index (χ1n) is 12.0. The molecule has 39 heavy (non-hydrogen) atoms. The Hall–Kier alpha value is -4.01. The second-order valence-corrected chi connectivity index (χ2v) is 9.17. The highest BCUT2D eigenvalue weighted by Gasteiger charge is 2.25. The summed E-state index contributed by atoms with van der Waals surface area (Å²) in [7, 11) is 1.53. The molecule has 0 heterocycles. The number of halogens is 2. The van der Waals surface area contributed by atoms with Crippen molar-refractivity contribution in [2.24, 2.45) is 5.10 Å². The van der Waals surface area contributed by atoms with Gasteiger partial charge in [-0.05, 0) is 54.4 Å². The summed E-state index contributed by atoms with van der Waals surface area (Å²) in [4.78, 5) is 26.0. The first-order chi connectivity index (χ1) is 18.8. The maximum atomic E-state index is 13.1. The van der Waals surface area contributed by atoms with Crippen molar-refractivity contribution in [3.05, 3.63) is 101 Å². The molecule has 0 aliphatic rings. The third-order valence-electron chi connectivity index (χ3n) is 5.42. The molecule has 0 saturated carbocycles. The predicted molar refractivity (Wildman–Crippen MR) is 153 cm³/mol. The van der Waals surface area contributed by atoms with Gasteiger partial charge in [-0.3, -0.25) is 9.59 Å². The van der Waals surface area contributed by atoms with Gasteiger partial charge in [-0.1, -0.05) is 66.2 Å². The number of hydrazone groups is 1. The summed E-state index contributed by atoms with van der Waals surface area (Å²) in [5, 5.41) is 7.52. The third-order valence-corrected chi connectivity index (χ3v) is 5.95. The summed E-state index contributed by atoms with van der Waals surface area (Å²) in [6.07, 6.45) is 2.40. The lowest BCUT2D eigenvalue weighted by Gasteiger charge is -2.21. The van der Waals surface area contributed by atoms with Crippen molar-refractivity contribution >= 4 is 41.2 Å². The average Bonchev–Trinajstić information content (AvgIpc) is 2.93. The molecule has 10 heteroatoms. The van der Waals surface area contributed by atoms with E-state index < -0.39 is 24.0 Å². The number of nitrogens with one attached hydrogen (secondary N) is 2. The van der Waals surface area contributed by atoms with Crippen LogP contribution in [0.5, 0.6) is 17.2 Å². The number of methoxy groups -OCH3 is 1. The number of benzene rings is 3. The van der Waals surface area contributed by atoms with Crippen molar-refractivity contribution in [3.63, 3.8) is 0 Å². The largest absolute Gasteiger partial charge is 0.493 e. The molecule has 0 radical (unpaired) electrons. The van der Waals surface area contributed by atoms with Crippen LogP contribution in [0.1, 0.15) is 18.1 Å². The normalized spacial score (nSPS) is 12.3. The molecule has 3 aromatic carbocycles. The van der Waals surface area contributed by atoms with Gasteiger partial charge < -0.3 is 19.5 Å². The second kappa shape index (κ2) is 14.8. The topological polar surface area (TPSA) is 98.2 Å². The molecule has 0 spiro atoms. The SMILES string of the molecule is C=CCOc1ccc(/C=N\NC(=O)[C@H](Cc2ccccc2)NC(=O)[C@H](C)Oc2ccc(Cl)cc2Cl)cc1OC. The Bertz CT molecular complexity index is 1320. The molecule has 0 bridgehead atoms. The first-order valence-corrected chi connectivity index (χ1v) is 12.8. The van der Waals surface area contributed by atoms with E-state index in [1.807, 2.05) is 30.3 Å². The Balaban J connectivity index is 1.69. The van der Waals surface area contributed by atoms with Crippen molar-refractivity contribution in [1.82, 2.24) is 10.7 Å². The van der Waals surface area contributed by atoms with Crippen molar-refractivity contribution in [3.8, 4) is 17.2 Å². The van der Waals surface area contributed by atoms with E-state index in [1.54, 1.807) is 43.3 Å². The van der Waals surface area contributed by atoms with Gasteiger partial charge in [0.1, 0.15) is 18.4 Å². The van der Waals surface area contributed by atoms with E-state index in [1.165, 1.54) is 19.4 Å². The number of carbonyl (C=O) groups excluding carboxylic acids is 2. The van der Waals surface area contributed by atoms with Crippen LogP contribution in [0, 0.1) is 0 Å². The molecule has 0 aliphatic heterocycles. The molecule has 0 aromatic heterocycles. The predicted octanol–water partition coefficient (Wildman–Crippen LogP) is 5.21. The van der Waals surface area contributed by atoms with E-state index in [-0.39, 0.29) is 11.4 Å². The zero-order chi connectivity index (χ0) is 28.2. The summed E-state index contributed by atoms with van der Waals surface area (Å²) < 4.78 is 16.6. The highest BCUT2D eigenvalue weighted by Crippen LogP contribution is 2.29. The van der Waals surface area contributed by atoms with E-state index in [0.717, 1.165) is 5.56 Å². The minimum Gasteiger partial charge on any atom is -0.493 e. The molecule has 204 valence electrons. The molecular weight excluding hydrogens is 541 g/mol. The molecule has 3 rings (SSSR count). The highest BCUT2D eigenvalue weighted by atomic mass is 35.5. The van der Waals surface area contributed by atoms with Crippen LogP contribution in [0.3, 0.4) is 0 Å². The number of amides is 2. The van der Waals surface area contributed by atoms with E-state index >= 15 is 0 Å². The van der Waals surface area contributed by atoms with Crippen LogP contribution in [-0.2, 0) is 16.0 Å². The average molecular weight is 570 g/mol. The number of hydrogen-bond donors (Lipinski definition) is 2. The Morgan fingerprint density at radius 3 is 2.44 bits per heavy atom. The van der Waals surface area contributed by atoms with Crippen molar-refractivity contribution in [2.75, 3.05) is 13.7 Å². The van der Waals surface area contributed by atoms with Gasteiger partial charge in [-0.15, -0.1) is 0 Å². The third kappa shape index (κ3) is 9.05. The van der Waals surface area contributed by atoms with Crippen LogP contribution in [-0.4, -0.2) is 43.9 Å².